The Kier molecular flexibility index (Phi) is 4.50. The molecular weight excluding hydrogens is 358 g/mol. The van der Waals surface area contributed by atoms with Crippen molar-refractivity contribution >= 4 is 34.3 Å². The van der Waals surface area contributed by atoms with Crippen molar-refractivity contribution in [1.29, 1.82) is 0 Å². The minimum absolute atomic E-state index is 0.641. The highest BCUT2D eigenvalue weighted by atomic mass is 35.5. The molecule has 27 heavy (non-hydrogen) atoms. The zero-order valence-corrected chi connectivity index (χ0v) is 16.1. The first-order valence-corrected chi connectivity index (χ1v) is 9.00. The van der Waals surface area contributed by atoms with Crippen LogP contribution in [0.3, 0.4) is 0 Å². The molecule has 4 aromatic rings. The standard InChI is InChI=1S/C22H19ClN3O/c1-14-12-16(23)13-19(27-3)20(14)25-22-24-18-11-7-10-17(21(18)26(22)2)15-8-5-4-6-9-15/h4-8,10-13H,1-3H3,(H,24,25). The summed E-state index contributed by atoms with van der Waals surface area (Å²) in [6.07, 6.45) is 0. The zero-order valence-electron chi connectivity index (χ0n) is 15.4. The van der Waals surface area contributed by atoms with Gasteiger partial charge in [-0.25, -0.2) is 4.98 Å². The van der Waals surface area contributed by atoms with E-state index in [0.717, 1.165) is 39.4 Å². The van der Waals surface area contributed by atoms with E-state index in [1.807, 2.05) is 50.4 Å². The lowest BCUT2D eigenvalue weighted by atomic mass is 10.0. The van der Waals surface area contributed by atoms with Gasteiger partial charge in [0, 0.05) is 23.7 Å². The maximum atomic E-state index is 6.16. The smallest absolute Gasteiger partial charge is 0.208 e. The van der Waals surface area contributed by atoms with Crippen LogP contribution in [0.15, 0.2) is 54.6 Å². The van der Waals surface area contributed by atoms with E-state index in [9.17, 15) is 0 Å². The van der Waals surface area contributed by atoms with Crippen LogP contribution in [0.4, 0.5) is 11.6 Å². The minimum atomic E-state index is 0.641. The number of halogens is 1. The highest BCUT2D eigenvalue weighted by molar-refractivity contribution is 6.31. The Morgan fingerprint density at radius 3 is 2.74 bits per heavy atom. The Morgan fingerprint density at radius 1 is 1.15 bits per heavy atom. The summed E-state index contributed by atoms with van der Waals surface area (Å²) in [6.45, 7) is 1.99. The Labute approximate surface area is 163 Å². The first-order valence-electron chi connectivity index (χ1n) is 8.62. The van der Waals surface area contributed by atoms with Crippen molar-refractivity contribution < 1.29 is 4.74 Å². The van der Waals surface area contributed by atoms with Gasteiger partial charge in [-0.05, 0) is 36.2 Å². The molecule has 1 heterocycles. The van der Waals surface area contributed by atoms with Gasteiger partial charge in [0.2, 0.25) is 5.95 Å². The zero-order chi connectivity index (χ0) is 19.0. The molecule has 0 spiro atoms. The molecule has 0 aliphatic carbocycles. The number of hydrogen-bond donors (Lipinski definition) is 1. The molecule has 1 aromatic heterocycles. The summed E-state index contributed by atoms with van der Waals surface area (Å²) in [7, 11) is 3.64. The third-order valence-electron chi connectivity index (χ3n) is 4.61. The molecule has 0 unspecified atom stereocenters. The summed E-state index contributed by atoms with van der Waals surface area (Å²) < 4.78 is 7.55. The number of anilines is 2. The van der Waals surface area contributed by atoms with Crippen LogP contribution in [-0.2, 0) is 7.05 Å². The van der Waals surface area contributed by atoms with Gasteiger partial charge < -0.3 is 14.6 Å². The van der Waals surface area contributed by atoms with Crippen LogP contribution in [0, 0.1) is 13.0 Å². The van der Waals surface area contributed by atoms with Crippen molar-refractivity contribution in [1.82, 2.24) is 9.55 Å². The summed E-state index contributed by atoms with van der Waals surface area (Å²) in [4.78, 5) is 4.78. The molecule has 0 aliphatic rings. The van der Waals surface area contributed by atoms with Gasteiger partial charge in [0.1, 0.15) is 5.75 Å². The van der Waals surface area contributed by atoms with E-state index in [4.69, 9.17) is 21.3 Å². The normalized spacial score (nSPS) is 11.0. The number of nitrogens with one attached hydrogen (secondary N) is 1. The number of imidazole rings is 1. The number of fused-ring (bicyclic) bond motifs is 1. The lowest BCUT2D eigenvalue weighted by Crippen LogP contribution is -2.03. The highest BCUT2D eigenvalue weighted by Crippen LogP contribution is 2.36. The number of para-hydroxylation sites is 1. The summed E-state index contributed by atoms with van der Waals surface area (Å²) in [5.41, 5.74) is 5.94. The molecule has 4 nitrogen and oxygen atoms in total. The van der Waals surface area contributed by atoms with Gasteiger partial charge in [0.15, 0.2) is 0 Å². The molecule has 0 saturated heterocycles. The average Bonchev–Trinajstić information content (AvgIpc) is 3.00. The molecule has 0 amide bonds. The molecule has 1 radical (unpaired) electrons. The number of rotatable bonds is 4. The first-order chi connectivity index (χ1) is 13.1. The van der Waals surface area contributed by atoms with Gasteiger partial charge in [0.25, 0.3) is 0 Å². The first kappa shape index (κ1) is 17.4. The summed E-state index contributed by atoms with van der Waals surface area (Å²) in [6, 6.07) is 21.1. The average molecular weight is 377 g/mol. The Bertz CT molecular complexity index is 1120. The van der Waals surface area contributed by atoms with Crippen molar-refractivity contribution in [2.24, 2.45) is 7.05 Å². The monoisotopic (exact) mass is 376 g/mol. The Hall–Kier alpha value is -2.98. The second-order valence-corrected chi connectivity index (χ2v) is 6.81. The van der Waals surface area contributed by atoms with Gasteiger partial charge in [-0.1, -0.05) is 48.0 Å². The van der Waals surface area contributed by atoms with Crippen molar-refractivity contribution in [2.45, 2.75) is 6.92 Å². The fourth-order valence-corrected chi connectivity index (χ4v) is 3.57. The van der Waals surface area contributed by atoms with Crippen molar-refractivity contribution in [3.05, 3.63) is 71.2 Å². The molecule has 0 atom stereocenters. The SMILES string of the molecule is COc1cc(Cl)cc(C)c1Nc1nc2cccc(-c3[c]cccc3)c2n1C. The van der Waals surface area contributed by atoms with Crippen LogP contribution < -0.4 is 10.1 Å². The third-order valence-corrected chi connectivity index (χ3v) is 4.83. The topological polar surface area (TPSA) is 39.1 Å². The quantitative estimate of drug-likeness (QED) is 0.492. The van der Waals surface area contributed by atoms with Crippen LogP contribution >= 0.6 is 11.6 Å². The maximum Gasteiger partial charge on any atom is 0.208 e. The van der Waals surface area contributed by atoms with Crippen LogP contribution in [0.2, 0.25) is 5.02 Å². The molecule has 135 valence electrons. The number of aromatic nitrogens is 2. The molecule has 3 aromatic carbocycles. The van der Waals surface area contributed by atoms with Gasteiger partial charge in [-0.2, -0.15) is 0 Å². The number of methoxy groups -OCH3 is 1. The van der Waals surface area contributed by atoms with Crippen LogP contribution in [0.5, 0.6) is 5.75 Å². The van der Waals surface area contributed by atoms with E-state index in [-0.39, 0.29) is 0 Å². The molecule has 0 fully saturated rings. The number of hydrogen-bond acceptors (Lipinski definition) is 3. The molecule has 4 rings (SSSR count). The van der Waals surface area contributed by atoms with Crippen LogP contribution in [-0.4, -0.2) is 16.7 Å². The second-order valence-electron chi connectivity index (χ2n) is 6.37. The summed E-state index contributed by atoms with van der Waals surface area (Å²) in [5.74, 6) is 1.42. The number of ether oxygens (including phenoxy) is 1. The summed E-state index contributed by atoms with van der Waals surface area (Å²) >= 11 is 6.16. The van der Waals surface area contributed by atoms with Gasteiger partial charge in [-0.3, -0.25) is 0 Å². The number of benzene rings is 3. The van der Waals surface area contributed by atoms with E-state index in [1.54, 1.807) is 13.2 Å². The van der Waals surface area contributed by atoms with Gasteiger partial charge in [-0.15, -0.1) is 0 Å². The van der Waals surface area contributed by atoms with E-state index in [0.29, 0.717) is 10.8 Å². The van der Waals surface area contributed by atoms with E-state index >= 15 is 0 Å². The van der Waals surface area contributed by atoms with E-state index < -0.39 is 0 Å². The highest BCUT2D eigenvalue weighted by Gasteiger charge is 2.16. The lowest BCUT2D eigenvalue weighted by molar-refractivity contribution is 0.416. The van der Waals surface area contributed by atoms with Crippen LogP contribution in [0.1, 0.15) is 5.56 Å². The molecule has 0 aliphatic heterocycles. The fourth-order valence-electron chi connectivity index (χ4n) is 3.30. The van der Waals surface area contributed by atoms with E-state index in [2.05, 4.69) is 28.1 Å². The number of nitrogens with zero attached hydrogens (tertiary/aromatic N) is 2. The van der Waals surface area contributed by atoms with Crippen molar-refractivity contribution in [3.8, 4) is 16.9 Å². The predicted octanol–water partition coefficient (Wildman–Crippen LogP) is 5.75. The largest absolute Gasteiger partial charge is 0.495 e. The maximum absolute atomic E-state index is 6.16. The van der Waals surface area contributed by atoms with Gasteiger partial charge >= 0.3 is 0 Å². The predicted molar refractivity (Wildman–Crippen MR) is 111 cm³/mol. The number of aryl methyl sites for hydroxylation is 2. The Morgan fingerprint density at radius 2 is 2.00 bits per heavy atom. The molecule has 1 N–H and O–H groups in total. The molecular formula is C22H19ClN3O. The summed E-state index contributed by atoms with van der Waals surface area (Å²) in [5, 5.41) is 4.05. The molecule has 0 saturated carbocycles. The molecule has 5 heteroatoms. The van der Waals surface area contributed by atoms with E-state index in [1.165, 1.54) is 0 Å². The van der Waals surface area contributed by atoms with Crippen molar-refractivity contribution in [2.75, 3.05) is 12.4 Å². The lowest BCUT2D eigenvalue weighted by Gasteiger charge is -2.14. The minimum Gasteiger partial charge on any atom is -0.495 e. The van der Waals surface area contributed by atoms with Gasteiger partial charge in [0.05, 0.1) is 23.8 Å². The second kappa shape index (κ2) is 6.97. The molecule has 0 bridgehead atoms. The van der Waals surface area contributed by atoms with Crippen molar-refractivity contribution in [3.63, 3.8) is 0 Å². The third kappa shape index (κ3) is 3.13. The fraction of sp³-hybridized carbons (Fsp3) is 0.136. The van der Waals surface area contributed by atoms with Crippen LogP contribution in [0.25, 0.3) is 22.2 Å². The Balaban J connectivity index is 1.85.